The summed E-state index contributed by atoms with van der Waals surface area (Å²) < 4.78 is 16.3. The molecule has 1 fully saturated rings. The number of carbonyl (C=O) groups is 1. The monoisotopic (exact) mass is 383 g/mol. The van der Waals surface area contributed by atoms with Crippen LogP contribution in [0.5, 0.6) is 5.75 Å². The zero-order chi connectivity index (χ0) is 17.6. The van der Waals surface area contributed by atoms with Crippen molar-refractivity contribution in [2.45, 2.75) is 24.0 Å². The van der Waals surface area contributed by atoms with Gasteiger partial charge in [-0.2, -0.15) is 0 Å². The Bertz CT molecular complexity index is 704. The van der Waals surface area contributed by atoms with Crippen molar-refractivity contribution in [2.75, 3.05) is 26.3 Å². The standard InChI is InChI=1S/C16H18ClN3O4S/c1-11(15(21)20-6-8-22-9-7-20)25-16-19-18-14(24-16)10-23-13-4-2-12(17)3-5-13/h2-5,11H,6-10H2,1H3/t11-/m1/s1. The minimum absolute atomic E-state index is 0.0467. The molecule has 0 bridgehead atoms. The van der Waals surface area contributed by atoms with Crippen molar-refractivity contribution < 1.29 is 18.7 Å². The molecule has 3 rings (SSSR count). The number of morpholine rings is 1. The average Bonchev–Trinajstić information content (AvgIpc) is 3.08. The second-order valence-electron chi connectivity index (χ2n) is 5.40. The third kappa shape index (κ3) is 5.10. The number of nitrogens with zero attached hydrogens (tertiary/aromatic N) is 3. The Hall–Kier alpha value is -1.77. The Labute approximate surface area is 154 Å². The molecule has 134 valence electrons. The SMILES string of the molecule is C[C@@H](Sc1nnc(COc2ccc(Cl)cc2)o1)C(=O)N1CCOCC1. The fourth-order valence-corrected chi connectivity index (χ4v) is 3.17. The van der Waals surface area contributed by atoms with E-state index in [0.717, 1.165) is 0 Å². The summed E-state index contributed by atoms with van der Waals surface area (Å²) in [5.41, 5.74) is 0. The Kier molecular flexibility index (Phi) is 6.17. The lowest BCUT2D eigenvalue weighted by Crippen LogP contribution is -2.44. The van der Waals surface area contributed by atoms with Gasteiger partial charge in [0.25, 0.3) is 11.1 Å². The number of carbonyl (C=O) groups excluding carboxylic acids is 1. The van der Waals surface area contributed by atoms with Gasteiger partial charge in [0, 0.05) is 18.1 Å². The van der Waals surface area contributed by atoms with E-state index in [-0.39, 0.29) is 17.8 Å². The van der Waals surface area contributed by atoms with E-state index in [2.05, 4.69) is 10.2 Å². The molecule has 0 aliphatic carbocycles. The van der Waals surface area contributed by atoms with E-state index in [1.165, 1.54) is 11.8 Å². The lowest BCUT2D eigenvalue weighted by molar-refractivity contribution is -0.134. The van der Waals surface area contributed by atoms with Crippen LogP contribution in [-0.2, 0) is 16.1 Å². The molecule has 1 atom stereocenters. The Balaban J connectivity index is 1.50. The molecule has 0 N–H and O–H groups in total. The van der Waals surface area contributed by atoms with Crippen LogP contribution in [0.4, 0.5) is 0 Å². The molecular formula is C16H18ClN3O4S. The summed E-state index contributed by atoms with van der Waals surface area (Å²) in [5, 5.41) is 8.59. The Morgan fingerprint density at radius 2 is 2.04 bits per heavy atom. The zero-order valence-electron chi connectivity index (χ0n) is 13.7. The maximum absolute atomic E-state index is 12.4. The van der Waals surface area contributed by atoms with Gasteiger partial charge in [0.15, 0.2) is 6.61 Å². The van der Waals surface area contributed by atoms with E-state index in [0.29, 0.717) is 48.2 Å². The fourth-order valence-electron chi connectivity index (χ4n) is 2.26. The van der Waals surface area contributed by atoms with Gasteiger partial charge in [0.1, 0.15) is 5.75 Å². The van der Waals surface area contributed by atoms with Crippen molar-refractivity contribution in [3.8, 4) is 5.75 Å². The first kappa shape index (κ1) is 18.0. The summed E-state index contributed by atoms with van der Waals surface area (Å²) in [6.45, 7) is 4.38. The largest absolute Gasteiger partial charge is 0.484 e. The van der Waals surface area contributed by atoms with Gasteiger partial charge < -0.3 is 18.8 Å². The van der Waals surface area contributed by atoms with Crippen LogP contribution in [0.25, 0.3) is 0 Å². The first-order valence-electron chi connectivity index (χ1n) is 7.86. The van der Waals surface area contributed by atoms with Crippen LogP contribution in [0.3, 0.4) is 0 Å². The number of hydrogen-bond donors (Lipinski definition) is 0. The highest BCUT2D eigenvalue weighted by Gasteiger charge is 2.25. The van der Waals surface area contributed by atoms with Gasteiger partial charge in [0.05, 0.1) is 18.5 Å². The van der Waals surface area contributed by atoms with Crippen molar-refractivity contribution in [3.63, 3.8) is 0 Å². The molecule has 0 spiro atoms. The van der Waals surface area contributed by atoms with E-state index >= 15 is 0 Å². The highest BCUT2D eigenvalue weighted by molar-refractivity contribution is 8.00. The number of hydrogen-bond acceptors (Lipinski definition) is 7. The van der Waals surface area contributed by atoms with Crippen molar-refractivity contribution in [2.24, 2.45) is 0 Å². The minimum Gasteiger partial charge on any atom is -0.484 e. The number of amides is 1. The second-order valence-corrected chi connectivity index (χ2v) is 7.13. The van der Waals surface area contributed by atoms with E-state index < -0.39 is 0 Å². The van der Waals surface area contributed by atoms with Crippen LogP contribution in [0.1, 0.15) is 12.8 Å². The molecule has 1 aliphatic rings. The maximum atomic E-state index is 12.4. The van der Waals surface area contributed by atoms with E-state index in [4.69, 9.17) is 25.5 Å². The highest BCUT2D eigenvalue weighted by atomic mass is 35.5. The van der Waals surface area contributed by atoms with Crippen LogP contribution in [0, 0.1) is 0 Å². The molecule has 1 amide bonds. The van der Waals surface area contributed by atoms with E-state index in [1.807, 2.05) is 6.92 Å². The van der Waals surface area contributed by atoms with Crippen LogP contribution >= 0.6 is 23.4 Å². The van der Waals surface area contributed by atoms with Crippen LogP contribution in [0.2, 0.25) is 5.02 Å². The summed E-state index contributed by atoms with van der Waals surface area (Å²) in [6.07, 6.45) is 0. The fraction of sp³-hybridized carbons (Fsp3) is 0.438. The van der Waals surface area contributed by atoms with Crippen molar-refractivity contribution in [1.82, 2.24) is 15.1 Å². The van der Waals surface area contributed by atoms with Gasteiger partial charge in [-0.1, -0.05) is 23.4 Å². The van der Waals surface area contributed by atoms with Crippen molar-refractivity contribution in [1.29, 1.82) is 0 Å². The first-order chi connectivity index (χ1) is 12.1. The number of ether oxygens (including phenoxy) is 2. The van der Waals surface area contributed by atoms with Gasteiger partial charge >= 0.3 is 0 Å². The molecule has 0 unspecified atom stereocenters. The summed E-state index contributed by atoms with van der Waals surface area (Å²) in [4.78, 5) is 14.2. The zero-order valence-corrected chi connectivity index (χ0v) is 15.3. The van der Waals surface area contributed by atoms with Crippen LogP contribution in [0.15, 0.2) is 33.9 Å². The van der Waals surface area contributed by atoms with Gasteiger partial charge in [0.2, 0.25) is 5.91 Å². The average molecular weight is 384 g/mol. The normalized spacial score (nSPS) is 15.8. The second kappa shape index (κ2) is 8.55. The topological polar surface area (TPSA) is 77.7 Å². The number of thioether (sulfide) groups is 1. The molecule has 25 heavy (non-hydrogen) atoms. The number of aromatic nitrogens is 2. The molecule has 2 heterocycles. The summed E-state index contributed by atoms with van der Waals surface area (Å²) in [6, 6.07) is 7.00. The molecule has 2 aromatic rings. The molecule has 1 aromatic carbocycles. The van der Waals surface area contributed by atoms with Crippen LogP contribution < -0.4 is 4.74 Å². The number of halogens is 1. The quantitative estimate of drug-likeness (QED) is 0.709. The Morgan fingerprint density at radius 3 is 2.76 bits per heavy atom. The predicted molar refractivity (Wildman–Crippen MR) is 92.8 cm³/mol. The minimum atomic E-state index is -0.302. The molecule has 1 saturated heterocycles. The third-order valence-electron chi connectivity index (χ3n) is 3.57. The molecule has 0 saturated carbocycles. The first-order valence-corrected chi connectivity index (χ1v) is 9.11. The lowest BCUT2D eigenvalue weighted by atomic mass is 10.3. The van der Waals surface area contributed by atoms with Gasteiger partial charge in [-0.25, -0.2) is 0 Å². The number of benzene rings is 1. The van der Waals surface area contributed by atoms with Crippen LogP contribution in [-0.4, -0.2) is 52.6 Å². The van der Waals surface area contributed by atoms with Gasteiger partial charge in [-0.05, 0) is 31.2 Å². The number of rotatable bonds is 6. The molecule has 9 heteroatoms. The summed E-state index contributed by atoms with van der Waals surface area (Å²) in [5.74, 6) is 1.06. The summed E-state index contributed by atoms with van der Waals surface area (Å²) >= 11 is 7.07. The summed E-state index contributed by atoms with van der Waals surface area (Å²) in [7, 11) is 0. The molecule has 7 nitrogen and oxygen atoms in total. The molecule has 0 radical (unpaired) electrons. The van der Waals surface area contributed by atoms with E-state index in [1.54, 1.807) is 29.2 Å². The van der Waals surface area contributed by atoms with Crippen molar-refractivity contribution >= 4 is 29.3 Å². The van der Waals surface area contributed by atoms with Gasteiger partial charge in [-0.15, -0.1) is 10.2 Å². The van der Waals surface area contributed by atoms with Crippen molar-refractivity contribution in [3.05, 3.63) is 35.2 Å². The highest BCUT2D eigenvalue weighted by Crippen LogP contribution is 2.24. The van der Waals surface area contributed by atoms with E-state index in [9.17, 15) is 4.79 Å². The third-order valence-corrected chi connectivity index (χ3v) is 4.75. The van der Waals surface area contributed by atoms with Gasteiger partial charge in [-0.3, -0.25) is 4.79 Å². The maximum Gasteiger partial charge on any atom is 0.277 e. The molecule has 1 aromatic heterocycles. The molecule has 1 aliphatic heterocycles. The predicted octanol–water partition coefficient (Wildman–Crippen LogP) is 2.64. The smallest absolute Gasteiger partial charge is 0.277 e. The Morgan fingerprint density at radius 1 is 1.32 bits per heavy atom. The lowest BCUT2D eigenvalue weighted by Gasteiger charge is -2.28. The molecular weight excluding hydrogens is 366 g/mol.